The highest BCUT2D eigenvalue weighted by atomic mass is 32.1. The molecule has 0 saturated carbocycles. The van der Waals surface area contributed by atoms with Gasteiger partial charge in [0.1, 0.15) is 0 Å². The van der Waals surface area contributed by atoms with E-state index in [1.54, 1.807) is 0 Å². The van der Waals surface area contributed by atoms with E-state index in [4.69, 9.17) is 17.3 Å². The third-order valence-electron chi connectivity index (χ3n) is 3.18. The van der Waals surface area contributed by atoms with Gasteiger partial charge in [-0.3, -0.25) is 14.2 Å². The van der Waals surface area contributed by atoms with Crippen molar-refractivity contribution in [1.29, 1.82) is 0 Å². The highest BCUT2D eigenvalue weighted by Crippen LogP contribution is 2.12. The molecule has 0 spiro atoms. The summed E-state index contributed by atoms with van der Waals surface area (Å²) in [6.45, 7) is 0.217. The second kappa shape index (κ2) is 6.52. The molecule has 2 N–H and O–H groups in total. The molecule has 8 heteroatoms. The van der Waals surface area contributed by atoms with Crippen molar-refractivity contribution in [3.8, 4) is 0 Å². The van der Waals surface area contributed by atoms with Crippen molar-refractivity contribution in [2.75, 3.05) is 7.11 Å². The first-order chi connectivity index (χ1) is 10.4. The molecule has 0 aliphatic carbocycles. The number of aromatic nitrogens is 2. The molecule has 1 aromatic carbocycles. The van der Waals surface area contributed by atoms with Crippen LogP contribution in [-0.4, -0.2) is 33.7 Å². The van der Waals surface area contributed by atoms with Crippen molar-refractivity contribution in [2.24, 2.45) is 0 Å². The Morgan fingerprint density at radius 1 is 1.41 bits per heavy atom. The van der Waals surface area contributed by atoms with Gasteiger partial charge < -0.3 is 14.8 Å². The lowest BCUT2D eigenvalue weighted by atomic mass is 10.1. The molecule has 7 nitrogen and oxygen atoms in total. The number of H-pyrrole nitrogens is 1. The molecule has 0 bridgehead atoms. The molecular weight excluding hydrogens is 308 g/mol. The lowest BCUT2D eigenvalue weighted by Crippen LogP contribution is -2.23. The number of rotatable bonds is 5. The van der Waals surface area contributed by atoms with Crippen LogP contribution in [0.4, 0.5) is 0 Å². The molecule has 0 saturated heterocycles. The Morgan fingerprint density at radius 2 is 2.14 bits per heavy atom. The van der Waals surface area contributed by atoms with Crippen molar-refractivity contribution >= 4 is 35.1 Å². The number of hydrogen-bond acceptors (Lipinski definition) is 5. The number of fused-ring (bicyclic) bond motifs is 1. The smallest absolute Gasteiger partial charge is 0.337 e. The molecule has 2 aromatic rings. The fourth-order valence-corrected chi connectivity index (χ4v) is 2.37. The number of methoxy groups -OCH3 is 1. The van der Waals surface area contributed by atoms with E-state index in [0.717, 1.165) is 0 Å². The van der Waals surface area contributed by atoms with E-state index in [1.165, 1.54) is 29.9 Å². The molecule has 22 heavy (non-hydrogen) atoms. The van der Waals surface area contributed by atoms with E-state index in [0.29, 0.717) is 22.9 Å². The molecule has 0 atom stereocenters. The van der Waals surface area contributed by atoms with Gasteiger partial charge in [-0.15, -0.1) is 0 Å². The number of benzene rings is 1. The average Bonchev–Trinajstić information content (AvgIpc) is 2.48. The van der Waals surface area contributed by atoms with Gasteiger partial charge in [-0.2, -0.15) is 0 Å². The van der Waals surface area contributed by atoms with Gasteiger partial charge in [-0.1, -0.05) is 0 Å². The normalized spacial score (nSPS) is 10.6. The van der Waals surface area contributed by atoms with E-state index < -0.39 is 11.9 Å². The van der Waals surface area contributed by atoms with Crippen LogP contribution in [0.25, 0.3) is 10.9 Å². The second-order valence-electron chi connectivity index (χ2n) is 4.64. The standard InChI is InChI=1S/C14H14N2O5S/c1-21-13(20)8-4-5-9-10(7-8)15-14(22)16(12(9)19)6-2-3-11(17)18/h4-5,7H,2-3,6H2,1H3,(H,15,22)(H,17,18). The van der Waals surface area contributed by atoms with Crippen LogP contribution in [0.2, 0.25) is 0 Å². The maximum absolute atomic E-state index is 12.4. The van der Waals surface area contributed by atoms with E-state index in [9.17, 15) is 14.4 Å². The third-order valence-corrected chi connectivity index (χ3v) is 3.50. The van der Waals surface area contributed by atoms with Crippen LogP contribution in [0.1, 0.15) is 23.2 Å². The predicted octanol–water partition coefficient (Wildman–Crippen LogP) is 1.71. The van der Waals surface area contributed by atoms with Crippen LogP contribution in [0.3, 0.4) is 0 Å². The van der Waals surface area contributed by atoms with Gasteiger partial charge in [0.05, 0.1) is 23.6 Å². The third kappa shape index (κ3) is 3.22. The Hall–Kier alpha value is -2.48. The second-order valence-corrected chi connectivity index (χ2v) is 5.02. The minimum atomic E-state index is -0.925. The Kier molecular flexibility index (Phi) is 4.71. The zero-order chi connectivity index (χ0) is 16.3. The molecule has 116 valence electrons. The summed E-state index contributed by atoms with van der Waals surface area (Å²) in [7, 11) is 1.27. The zero-order valence-electron chi connectivity index (χ0n) is 11.8. The van der Waals surface area contributed by atoms with Gasteiger partial charge in [0.2, 0.25) is 0 Å². The van der Waals surface area contributed by atoms with Gasteiger partial charge in [-0.05, 0) is 36.8 Å². The maximum Gasteiger partial charge on any atom is 0.337 e. The SMILES string of the molecule is COC(=O)c1ccc2c(=O)n(CCCC(=O)O)c(=S)[nH]c2c1. The van der Waals surface area contributed by atoms with Crippen LogP contribution < -0.4 is 5.56 Å². The zero-order valence-corrected chi connectivity index (χ0v) is 12.6. The number of ether oxygens (including phenoxy) is 1. The Balaban J connectivity index is 2.46. The number of carboxylic acid groups (broad SMARTS) is 1. The molecule has 0 radical (unpaired) electrons. The first-order valence-corrected chi connectivity index (χ1v) is 6.92. The van der Waals surface area contributed by atoms with Crippen molar-refractivity contribution in [3.63, 3.8) is 0 Å². The van der Waals surface area contributed by atoms with Gasteiger partial charge in [0.15, 0.2) is 4.77 Å². The Bertz CT molecular complexity index is 852. The number of nitrogens with one attached hydrogen (secondary N) is 1. The summed E-state index contributed by atoms with van der Waals surface area (Å²) >= 11 is 5.13. The van der Waals surface area contributed by atoms with Gasteiger partial charge in [-0.25, -0.2) is 4.79 Å². The molecule has 0 amide bonds. The number of carboxylic acids is 1. The number of aromatic amines is 1. The van der Waals surface area contributed by atoms with Crippen molar-refractivity contribution in [1.82, 2.24) is 9.55 Å². The van der Waals surface area contributed by atoms with E-state index in [-0.39, 0.29) is 23.3 Å². The molecule has 1 aromatic heterocycles. The lowest BCUT2D eigenvalue weighted by Gasteiger charge is -2.08. The number of nitrogens with zero attached hydrogens (tertiary/aromatic N) is 1. The van der Waals surface area contributed by atoms with Gasteiger partial charge in [0, 0.05) is 13.0 Å². The molecular formula is C14H14N2O5S. The largest absolute Gasteiger partial charge is 0.481 e. The summed E-state index contributed by atoms with van der Waals surface area (Å²) in [5.41, 5.74) is 0.427. The summed E-state index contributed by atoms with van der Waals surface area (Å²) < 4.78 is 6.13. The van der Waals surface area contributed by atoms with Crippen LogP contribution in [0.5, 0.6) is 0 Å². The summed E-state index contributed by atoms with van der Waals surface area (Å²) in [6, 6.07) is 4.51. The number of aliphatic carboxylic acids is 1. The van der Waals surface area contributed by atoms with Crippen LogP contribution in [-0.2, 0) is 16.1 Å². The lowest BCUT2D eigenvalue weighted by molar-refractivity contribution is -0.137. The minimum absolute atomic E-state index is 0.0411. The number of esters is 1. The fraction of sp³-hybridized carbons (Fsp3) is 0.286. The maximum atomic E-state index is 12.4. The summed E-state index contributed by atoms with van der Waals surface area (Å²) in [4.78, 5) is 37.3. The van der Waals surface area contributed by atoms with Crippen molar-refractivity contribution < 1.29 is 19.4 Å². The van der Waals surface area contributed by atoms with Crippen LogP contribution in [0, 0.1) is 4.77 Å². The quantitative estimate of drug-likeness (QED) is 0.642. The molecule has 0 unspecified atom stereocenters. The Labute approximate surface area is 130 Å². The number of hydrogen-bond donors (Lipinski definition) is 2. The van der Waals surface area contributed by atoms with Crippen molar-refractivity contribution in [2.45, 2.75) is 19.4 Å². The summed E-state index contributed by atoms with van der Waals surface area (Å²) in [6.07, 6.45) is 0.263. The molecule has 0 aliphatic heterocycles. The number of carbonyl (C=O) groups excluding carboxylic acids is 1. The van der Waals surface area contributed by atoms with Gasteiger partial charge >= 0.3 is 11.9 Å². The van der Waals surface area contributed by atoms with E-state index in [2.05, 4.69) is 9.72 Å². The molecule has 2 rings (SSSR count). The monoisotopic (exact) mass is 322 g/mol. The van der Waals surface area contributed by atoms with Crippen LogP contribution >= 0.6 is 12.2 Å². The van der Waals surface area contributed by atoms with Crippen LogP contribution in [0.15, 0.2) is 23.0 Å². The topological polar surface area (TPSA) is 101 Å². The van der Waals surface area contributed by atoms with Gasteiger partial charge in [0.25, 0.3) is 5.56 Å². The number of carbonyl (C=O) groups is 2. The summed E-state index contributed by atoms with van der Waals surface area (Å²) in [5.74, 6) is -1.43. The first-order valence-electron chi connectivity index (χ1n) is 6.51. The molecule has 0 aliphatic rings. The van der Waals surface area contributed by atoms with E-state index in [1.807, 2.05) is 0 Å². The highest BCUT2D eigenvalue weighted by Gasteiger charge is 2.10. The first kappa shape index (κ1) is 15.9. The fourth-order valence-electron chi connectivity index (χ4n) is 2.09. The molecule has 1 heterocycles. The predicted molar refractivity (Wildman–Crippen MR) is 81.6 cm³/mol. The Morgan fingerprint density at radius 3 is 2.77 bits per heavy atom. The average molecular weight is 322 g/mol. The van der Waals surface area contributed by atoms with E-state index >= 15 is 0 Å². The molecule has 0 fully saturated rings. The minimum Gasteiger partial charge on any atom is -0.481 e. The summed E-state index contributed by atoms with van der Waals surface area (Å²) in [5, 5.41) is 9.01. The van der Waals surface area contributed by atoms with Crippen molar-refractivity contribution in [3.05, 3.63) is 38.9 Å². The highest BCUT2D eigenvalue weighted by molar-refractivity contribution is 7.71.